The van der Waals surface area contributed by atoms with Crippen LogP contribution in [-0.2, 0) is 26.8 Å². The molecule has 0 saturated carbocycles. The van der Waals surface area contributed by atoms with Crippen LogP contribution in [0.3, 0.4) is 0 Å². The van der Waals surface area contributed by atoms with Crippen molar-refractivity contribution < 1.29 is 30.5 Å². The number of hydrogen-bond acceptors (Lipinski definition) is 9. The van der Waals surface area contributed by atoms with Gasteiger partial charge in [0.25, 0.3) is 5.01 Å². The number of thioether (sulfide) groups is 1. The highest BCUT2D eigenvalue weighted by Gasteiger charge is 2.26. The SMILES string of the molecule is CCC(/C=C1\Sc2ccc(C)cc2N1CCCS(=O)(=O)[O-])=C\c1sc2ccc(-c3ccccc3)cc2[n+]1CCCS(=O)(=O)[O-]. The summed E-state index contributed by atoms with van der Waals surface area (Å²) in [5.74, 6) is -0.864. The summed E-state index contributed by atoms with van der Waals surface area (Å²) in [5, 5.41) is 1.88. The lowest BCUT2D eigenvalue weighted by Gasteiger charge is -2.21. The predicted octanol–water partition coefficient (Wildman–Crippen LogP) is 6.28. The second-order valence-corrected chi connectivity index (χ2v) is 15.8. The number of benzene rings is 3. The molecule has 3 aromatic carbocycles. The molecule has 232 valence electrons. The average Bonchev–Trinajstić information content (AvgIpc) is 3.48. The molecule has 0 unspecified atom stereocenters. The molecule has 0 radical (unpaired) electrons. The van der Waals surface area contributed by atoms with E-state index in [4.69, 9.17) is 0 Å². The summed E-state index contributed by atoms with van der Waals surface area (Å²) in [6, 6.07) is 22.4. The molecule has 44 heavy (non-hydrogen) atoms. The Labute approximate surface area is 267 Å². The standard InChI is InChI=1S/C32H34N2O6S4/c1-3-24(20-31-33(15-7-17-43(35,36)37)27-19-23(2)11-13-29(27)41-31)21-32-34(16-8-18-44(38,39)40)28-22-26(12-14-30(28)42-32)25-9-5-4-6-10-25/h4-6,9-14,19-22H,3,7-8,15-18H2,1-2H3,(H-,35,36,37,38,39,40)/p-1. The third-order valence-corrected chi connectivity index (χ3v) is 11.1. The van der Waals surface area contributed by atoms with Crippen LogP contribution < -0.4 is 9.47 Å². The van der Waals surface area contributed by atoms with E-state index in [1.165, 1.54) is 0 Å². The molecule has 0 saturated heterocycles. The van der Waals surface area contributed by atoms with E-state index in [-0.39, 0.29) is 12.8 Å². The van der Waals surface area contributed by atoms with Crippen LogP contribution in [0.2, 0.25) is 0 Å². The van der Waals surface area contributed by atoms with Crippen LogP contribution in [0, 0.1) is 6.92 Å². The maximum atomic E-state index is 11.4. The molecule has 0 aliphatic carbocycles. The number of fused-ring (bicyclic) bond motifs is 2. The van der Waals surface area contributed by atoms with Crippen molar-refractivity contribution in [3.63, 3.8) is 0 Å². The summed E-state index contributed by atoms with van der Waals surface area (Å²) in [6.07, 6.45) is 5.31. The van der Waals surface area contributed by atoms with E-state index in [1.807, 2.05) is 43.3 Å². The van der Waals surface area contributed by atoms with Crippen molar-refractivity contribution in [2.24, 2.45) is 0 Å². The number of aryl methyl sites for hydroxylation is 2. The largest absolute Gasteiger partial charge is 0.748 e. The average molecular weight is 670 g/mol. The zero-order valence-corrected chi connectivity index (χ0v) is 27.7. The monoisotopic (exact) mass is 669 g/mol. The number of rotatable bonds is 12. The van der Waals surface area contributed by atoms with Crippen LogP contribution in [0.5, 0.6) is 0 Å². The number of hydrogen-bond donors (Lipinski definition) is 0. The van der Waals surface area contributed by atoms with Gasteiger partial charge < -0.3 is 14.0 Å². The van der Waals surface area contributed by atoms with Gasteiger partial charge in [0.2, 0.25) is 5.52 Å². The van der Waals surface area contributed by atoms with Crippen LogP contribution in [0.4, 0.5) is 5.69 Å². The van der Waals surface area contributed by atoms with Gasteiger partial charge in [-0.25, -0.2) is 16.8 Å². The lowest BCUT2D eigenvalue weighted by molar-refractivity contribution is -0.668. The zero-order chi connectivity index (χ0) is 31.5. The molecule has 5 rings (SSSR count). The fraction of sp³-hybridized carbons (Fsp3) is 0.281. The van der Waals surface area contributed by atoms with E-state index in [0.29, 0.717) is 19.5 Å². The van der Waals surface area contributed by atoms with E-state index in [9.17, 15) is 25.9 Å². The van der Waals surface area contributed by atoms with Gasteiger partial charge in [-0.05, 0) is 66.3 Å². The molecule has 2 heterocycles. The summed E-state index contributed by atoms with van der Waals surface area (Å²) in [4.78, 5) is 3.14. The molecular weight excluding hydrogens is 637 g/mol. The maximum Gasteiger partial charge on any atom is 0.263 e. The highest BCUT2D eigenvalue weighted by molar-refractivity contribution is 8.03. The van der Waals surface area contributed by atoms with E-state index in [0.717, 1.165) is 53.1 Å². The first-order chi connectivity index (χ1) is 20.9. The number of nitrogens with zero attached hydrogens (tertiary/aromatic N) is 2. The van der Waals surface area contributed by atoms with Crippen molar-refractivity contribution in [1.82, 2.24) is 0 Å². The van der Waals surface area contributed by atoms with Crippen molar-refractivity contribution in [3.05, 3.63) is 94.0 Å². The van der Waals surface area contributed by atoms with Gasteiger partial charge in [0.15, 0.2) is 6.54 Å². The highest BCUT2D eigenvalue weighted by Crippen LogP contribution is 2.47. The topological polar surface area (TPSA) is 122 Å². The van der Waals surface area contributed by atoms with Gasteiger partial charge in [0, 0.05) is 41.5 Å². The number of allylic oxidation sites excluding steroid dienone is 2. The first kappa shape index (κ1) is 32.4. The molecule has 0 atom stereocenters. The summed E-state index contributed by atoms with van der Waals surface area (Å²) in [7, 11) is -8.66. The quantitative estimate of drug-likeness (QED) is 0.128. The molecule has 0 spiro atoms. The minimum atomic E-state index is -4.34. The summed E-state index contributed by atoms with van der Waals surface area (Å²) in [5.41, 5.74) is 6.18. The van der Waals surface area contributed by atoms with Crippen LogP contribution >= 0.6 is 23.1 Å². The van der Waals surface area contributed by atoms with Crippen molar-refractivity contribution in [3.8, 4) is 11.1 Å². The zero-order valence-electron chi connectivity index (χ0n) is 24.4. The second-order valence-electron chi connectivity index (χ2n) is 10.7. The van der Waals surface area contributed by atoms with Crippen molar-refractivity contribution >= 4 is 65.3 Å². The van der Waals surface area contributed by atoms with E-state index < -0.39 is 31.7 Å². The summed E-state index contributed by atoms with van der Waals surface area (Å²) in [6.45, 7) is 4.83. The Bertz CT molecular complexity index is 1950. The van der Waals surface area contributed by atoms with Gasteiger partial charge in [-0.3, -0.25) is 0 Å². The van der Waals surface area contributed by atoms with Crippen LogP contribution in [-0.4, -0.2) is 44.0 Å². The van der Waals surface area contributed by atoms with Crippen LogP contribution in [0.25, 0.3) is 27.4 Å². The Hall–Kier alpha value is -3.00. The second kappa shape index (κ2) is 13.6. The Balaban J connectivity index is 1.54. The lowest BCUT2D eigenvalue weighted by atomic mass is 10.1. The fourth-order valence-electron chi connectivity index (χ4n) is 5.16. The summed E-state index contributed by atoms with van der Waals surface area (Å²) >= 11 is 3.21. The Morgan fingerprint density at radius 2 is 1.64 bits per heavy atom. The highest BCUT2D eigenvalue weighted by atomic mass is 32.2. The Morgan fingerprint density at radius 1 is 0.909 bits per heavy atom. The van der Waals surface area contributed by atoms with Gasteiger partial charge in [-0.2, -0.15) is 4.57 Å². The molecule has 4 aromatic rings. The third kappa shape index (κ3) is 8.17. The van der Waals surface area contributed by atoms with Crippen molar-refractivity contribution in [2.45, 2.75) is 44.6 Å². The Morgan fingerprint density at radius 3 is 2.34 bits per heavy atom. The molecule has 0 bridgehead atoms. The minimum absolute atomic E-state index is 0.197. The smallest absolute Gasteiger partial charge is 0.263 e. The molecule has 1 aliphatic heterocycles. The molecule has 12 heteroatoms. The van der Waals surface area contributed by atoms with Crippen molar-refractivity contribution in [2.75, 3.05) is 23.0 Å². The van der Waals surface area contributed by atoms with E-state index in [2.05, 4.69) is 58.9 Å². The molecule has 8 nitrogen and oxygen atoms in total. The van der Waals surface area contributed by atoms with E-state index >= 15 is 0 Å². The Kier molecular flexibility index (Phi) is 9.98. The molecular formula is C32H33N2O6S4-. The summed E-state index contributed by atoms with van der Waals surface area (Å²) < 4.78 is 71.2. The van der Waals surface area contributed by atoms with Gasteiger partial charge >= 0.3 is 0 Å². The number of thiazole rings is 1. The van der Waals surface area contributed by atoms with Crippen LogP contribution in [0.15, 0.2) is 88.3 Å². The maximum absolute atomic E-state index is 11.4. The van der Waals surface area contributed by atoms with Gasteiger partial charge in [-0.1, -0.05) is 72.5 Å². The first-order valence-corrected chi connectivity index (χ1v) is 19.1. The normalized spacial score (nSPS) is 15.0. The van der Waals surface area contributed by atoms with Gasteiger partial charge in [0.1, 0.15) is 4.70 Å². The first-order valence-electron chi connectivity index (χ1n) is 14.3. The van der Waals surface area contributed by atoms with Crippen LogP contribution in [0.1, 0.15) is 36.8 Å². The molecule has 0 fully saturated rings. The molecule has 1 aromatic heterocycles. The van der Waals surface area contributed by atoms with Gasteiger partial charge in [0.05, 0.1) is 31.0 Å². The minimum Gasteiger partial charge on any atom is -0.748 e. The molecule has 0 N–H and O–H groups in total. The fourth-order valence-corrected chi connectivity index (χ4v) is 8.42. The lowest BCUT2D eigenvalue weighted by Crippen LogP contribution is -2.36. The predicted molar refractivity (Wildman–Crippen MR) is 177 cm³/mol. The van der Waals surface area contributed by atoms with E-state index in [1.54, 1.807) is 23.1 Å². The van der Waals surface area contributed by atoms with Crippen molar-refractivity contribution in [1.29, 1.82) is 0 Å². The number of anilines is 1. The molecule has 0 amide bonds. The number of aromatic nitrogens is 1. The molecule has 1 aliphatic rings. The van der Waals surface area contributed by atoms with Gasteiger partial charge in [-0.15, -0.1) is 0 Å². The third-order valence-electron chi connectivity index (χ3n) is 7.30.